The third-order valence-electron chi connectivity index (χ3n) is 3.43. The Morgan fingerprint density at radius 1 is 1.29 bits per heavy atom. The molecule has 0 atom stereocenters. The van der Waals surface area contributed by atoms with E-state index in [2.05, 4.69) is 20.4 Å². The van der Waals surface area contributed by atoms with Gasteiger partial charge in [-0.25, -0.2) is 4.90 Å². The summed E-state index contributed by atoms with van der Waals surface area (Å²) in [4.78, 5) is 13.9. The number of anilines is 1. The van der Waals surface area contributed by atoms with Crippen molar-refractivity contribution in [2.75, 3.05) is 4.90 Å². The lowest BCUT2D eigenvalue weighted by atomic mass is 10.1. The number of halogens is 1. The van der Waals surface area contributed by atoms with E-state index in [1.165, 1.54) is 6.20 Å². The average molecular weight is 352 g/mol. The summed E-state index contributed by atoms with van der Waals surface area (Å²) < 4.78 is 0. The van der Waals surface area contributed by atoms with Crippen LogP contribution in [0.2, 0.25) is 0 Å². The van der Waals surface area contributed by atoms with E-state index in [0.717, 1.165) is 15.8 Å². The number of guanidine groups is 1. The molecule has 0 saturated heterocycles. The first-order chi connectivity index (χ1) is 10.6. The van der Waals surface area contributed by atoms with Crippen molar-refractivity contribution >= 4 is 40.9 Å². The summed E-state index contributed by atoms with van der Waals surface area (Å²) >= 11 is 0. The van der Waals surface area contributed by atoms with Crippen molar-refractivity contribution in [3.63, 3.8) is 0 Å². The Morgan fingerprint density at radius 3 is 2.67 bits per heavy atom. The summed E-state index contributed by atoms with van der Waals surface area (Å²) in [5.74, 6) is -0.746. The van der Waals surface area contributed by atoms with Gasteiger partial charge in [-0.1, -0.05) is 6.92 Å². The number of nitrogens with zero attached hydrogens (tertiary/aromatic N) is 3. The smallest absolute Gasteiger partial charge is 0.268 e. The average Bonchev–Trinajstić information content (AvgIpc) is 3.15. The van der Waals surface area contributed by atoms with Crippen LogP contribution in [0.25, 0.3) is 10.9 Å². The number of nitrogens with two attached hydrogens (primary N) is 1. The monoisotopic (exact) mass is 351 g/mol. The first-order valence-corrected chi connectivity index (χ1v) is 6.75. The first kappa shape index (κ1) is 19.1. The quantitative estimate of drug-likeness (QED) is 0.409. The number of carbonyl (C=O) groups excluding carboxylic acids is 1. The highest BCUT2D eigenvalue weighted by Gasteiger charge is 2.24. The van der Waals surface area contributed by atoms with Gasteiger partial charge in [0, 0.05) is 11.1 Å². The van der Waals surface area contributed by atoms with E-state index in [4.69, 9.17) is 11.1 Å². The van der Waals surface area contributed by atoms with Gasteiger partial charge in [0.05, 0.1) is 29.2 Å². The zero-order valence-corrected chi connectivity index (χ0v) is 13.6. The van der Waals surface area contributed by atoms with E-state index >= 15 is 0 Å². The molecule has 2 aromatic heterocycles. The number of aromatic nitrogens is 4. The second kappa shape index (κ2) is 7.57. The van der Waals surface area contributed by atoms with E-state index < -0.39 is 5.91 Å². The first-order valence-electron chi connectivity index (χ1n) is 6.75. The zero-order chi connectivity index (χ0) is 15.7. The summed E-state index contributed by atoms with van der Waals surface area (Å²) in [6.45, 7) is 1.92. The maximum atomic E-state index is 12.7. The van der Waals surface area contributed by atoms with Gasteiger partial charge in [0.15, 0.2) is 5.96 Å². The molecule has 2 heterocycles. The summed E-state index contributed by atoms with van der Waals surface area (Å²) in [6.07, 6.45) is 3.77. The predicted molar refractivity (Wildman–Crippen MR) is 93.6 cm³/mol. The molecule has 0 aliphatic rings. The molecular weight excluding hydrogens is 334 g/mol. The number of hydrogen-bond donors (Lipinski definition) is 4. The van der Waals surface area contributed by atoms with Crippen molar-refractivity contribution in [2.45, 2.75) is 13.3 Å². The van der Waals surface area contributed by atoms with Crippen LogP contribution in [0.15, 0.2) is 30.6 Å². The second-order valence-electron chi connectivity index (χ2n) is 4.78. The van der Waals surface area contributed by atoms with Gasteiger partial charge in [-0.3, -0.25) is 20.4 Å². The van der Waals surface area contributed by atoms with Gasteiger partial charge in [0.2, 0.25) is 0 Å². The van der Waals surface area contributed by atoms with Gasteiger partial charge in [-0.05, 0) is 24.6 Å². The highest BCUT2D eigenvalue weighted by Crippen LogP contribution is 2.22. The second-order valence-corrected chi connectivity index (χ2v) is 4.78. The molecule has 7 N–H and O–H groups in total. The molecule has 128 valence electrons. The summed E-state index contributed by atoms with van der Waals surface area (Å²) in [5.41, 5.74) is 7.99. The summed E-state index contributed by atoms with van der Waals surface area (Å²) in [7, 11) is 0. The number of nitrogens with one attached hydrogen (secondary N) is 3. The fourth-order valence-corrected chi connectivity index (χ4v) is 2.32. The van der Waals surface area contributed by atoms with Gasteiger partial charge >= 0.3 is 0 Å². The van der Waals surface area contributed by atoms with Crippen LogP contribution in [0.5, 0.6) is 0 Å². The van der Waals surface area contributed by atoms with Crippen molar-refractivity contribution in [2.24, 2.45) is 5.73 Å². The number of aromatic amines is 2. The van der Waals surface area contributed by atoms with Crippen molar-refractivity contribution in [1.29, 1.82) is 5.41 Å². The van der Waals surface area contributed by atoms with Crippen LogP contribution in [0, 0.1) is 5.41 Å². The van der Waals surface area contributed by atoms with Crippen LogP contribution in [0.1, 0.15) is 23.0 Å². The Hall–Kier alpha value is -2.91. The van der Waals surface area contributed by atoms with Gasteiger partial charge in [0.25, 0.3) is 5.91 Å². The summed E-state index contributed by atoms with van der Waals surface area (Å²) in [5, 5.41) is 22.1. The molecule has 0 bridgehead atoms. The van der Waals surface area contributed by atoms with Crippen LogP contribution in [0.4, 0.5) is 5.69 Å². The molecule has 0 aliphatic carbocycles. The minimum Gasteiger partial charge on any atom is -0.412 e. The Morgan fingerprint density at radius 2 is 2.00 bits per heavy atom. The Balaban J connectivity index is 0.00000144. The number of amides is 1. The molecule has 3 rings (SSSR count). The van der Waals surface area contributed by atoms with Crippen LogP contribution in [-0.4, -0.2) is 37.7 Å². The highest BCUT2D eigenvalue weighted by molar-refractivity contribution is 6.21. The van der Waals surface area contributed by atoms with Gasteiger partial charge in [-0.2, -0.15) is 10.2 Å². The molecule has 3 aromatic rings. The lowest BCUT2D eigenvalue weighted by Gasteiger charge is -2.20. The SMILES string of the molecule is CCc1[nH]ncc1C(=O)N(C(=N)N)c1ccc2cn[nH]c2c1.Cl.O. The number of carbonyl (C=O) groups is 1. The number of H-pyrrole nitrogens is 2. The molecule has 0 saturated carbocycles. The minimum atomic E-state index is -0.392. The molecule has 10 heteroatoms. The molecule has 0 aliphatic heterocycles. The molecule has 24 heavy (non-hydrogen) atoms. The molecule has 0 spiro atoms. The number of benzene rings is 1. The predicted octanol–water partition coefficient (Wildman–Crippen LogP) is 0.986. The standard InChI is InChI=1S/C14H15N7O.ClH.H2O/c1-2-11-10(7-18-19-11)13(22)21(14(15)16)9-4-3-8-6-17-20-12(8)5-9;;/h3-7H,2H2,1H3,(H3,15,16)(H,17,20)(H,18,19);1H;1H2. The minimum absolute atomic E-state index is 0. The molecule has 0 unspecified atom stereocenters. The van der Waals surface area contributed by atoms with Crippen molar-refractivity contribution in [3.8, 4) is 0 Å². The topological polar surface area (TPSA) is 159 Å². The summed E-state index contributed by atoms with van der Waals surface area (Å²) in [6, 6.07) is 5.27. The van der Waals surface area contributed by atoms with E-state index in [0.29, 0.717) is 23.4 Å². The number of fused-ring (bicyclic) bond motifs is 1. The molecule has 1 amide bonds. The fraction of sp³-hybridized carbons (Fsp3) is 0.143. The lowest BCUT2D eigenvalue weighted by molar-refractivity contribution is 0.100. The van der Waals surface area contributed by atoms with Crippen LogP contribution >= 0.6 is 12.4 Å². The van der Waals surface area contributed by atoms with E-state index in [1.807, 2.05) is 13.0 Å². The maximum absolute atomic E-state index is 12.7. The maximum Gasteiger partial charge on any atom is 0.268 e. The van der Waals surface area contributed by atoms with E-state index in [9.17, 15) is 4.79 Å². The number of hydrogen-bond acceptors (Lipinski definition) is 4. The van der Waals surface area contributed by atoms with Gasteiger partial charge in [-0.15, -0.1) is 12.4 Å². The zero-order valence-electron chi connectivity index (χ0n) is 12.8. The van der Waals surface area contributed by atoms with Crippen molar-refractivity contribution < 1.29 is 10.3 Å². The molecule has 0 fully saturated rings. The Kier molecular flexibility index (Phi) is 6.04. The molecule has 9 nitrogen and oxygen atoms in total. The number of aryl methyl sites for hydroxylation is 1. The molecular formula is C14H18ClN7O2. The lowest BCUT2D eigenvalue weighted by Crippen LogP contribution is -2.41. The van der Waals surface area contributed by atoms with Crippen LogP contribution in [-0.2, 0) is 6.42 Å². The van der Waals surface area contributed by atoms with Gasteiger partial charge < -0.3 is 11.2 Å². The fourth-order valence-electron chi connectivity index (χ4n) is 2.32. The van der Waals surface area contributed by atoms with E-state index in [-0.39, 0.29) is 23.8 Å². The molecule has 1 aromatic carbocycles. The number of rotatable bonds is 3. The van der Waals surface area contributed by atoms with Crippen molar-refractivity contribution in [3.05, 3.63) is 41.9 Å². The normalized spacial score (nSPS) is 9.88. The van der Waals surface area contributed by atoms with Crippen LogP contribution in [0.3, 0.4) is 0 Å². The van der Waals surface area contributed by atoms with E-state index in [1.54, 1.807) is 18.3 Å². The highest BCUT2D eigenvalue weighted by atomic mass is 35.5. The van der Waals surface area contributed by atoms with Crippen LogP contribution < -0.4 is 10.6 Å². The molecule has 0 radical (unpaired) electrons. The third-order valence-corrected chi connectivity index (χ3v) is 3.43. The largest absolute Gasteiger partial charge is 0.412 e. The third kappa shape index (κ3) is 3.21. The van der Waals surface area contributed by atoms with Gasteiger partial charge in [0.1, 0.15) is 0 Å². The Bertz CT molecular complexity index is 858. The Labute approximate surface area is 143 Å². The van der Waals surface area contributed by atoms with Crippen molar-refractivity contribution in [1.82, 2.24) is 20.4 Å².